The Morgan fingerprint density at radius 1 is 1.27 bits per heavy atom. The van der Waals surface area contributed by atoms with E-state index < -0.39 is 0 Å². The minimum atomic E-state index is -0.388. The molecular formula is C11H13F2NS. The molecule has 1 nitrogen and oxygen atoms in total. The number of nitrogens with two attached hydrogens (primary N) is 1. The van der Waals surface area contributed by atoms with Crippen molar-refractivity contribution in [2.45, 2.75) is 35.4 Å². The summed E-state index contributed by atoms with van der Waals surface area (Å²) < 4.78 is 26.2. The van der Waals surface area contributed by atoms with Gasteiger partial charge in [0.25, 0.3) is 0 Å². The Hall–Kier alpha value is -0.610. The van der Waals surface area contributed by atoms with Gasteiger partial charge in [0, 0.05) is 16.2 Å². The normalized spacial score (nSPS) is 25.8. The van der Waals surface area contributed by atoms with E-state index >= 15 is 0 Å². The quantitative estimate of drug-likeness (QED) is 0.843. The summed E-state index contributed by atoms with van der Waals surface area (Å²) in [4.78, 5) is 0.397. The third kappa shape index (κ3) is 2.69. The van der Waals surface area contributed by atoms with Gasteiger partial charge in [0.15, 0.2) is 0 Å². The molecule has 1 aromatic carbocycles. The largest absolute Gasteiger partial charge is 0.328 e. The van der Waals surface area contributed by atoms with Gasteiger partial charge in [-0.3, -0.25) is 0 Å². The van der Waals surface area contributed by atoms with Crippen molar-refractivity contribution in [2.75, 3.05) is 0 Å². The second-order valence-corrected chi connectivity index (χ2v) is 5.23. The minimum absolute atomic E-state index is 0.221. The zero-order valence-electron chi connectivity index (χ0n) is 8.25. The first-order chi connectivity index (χ1) is 7.15. The van der Waals surface area contributed by atoms with E-state index in [9.17, 15) is 8.78 Å². The third-order valence-electron chi connectivity index (χ3n) is 2.61. The van der Waals surface area contributed by atoms with Crippen molar-refractivity contribution >= 4 is 11.8 Å². The average Bonchev–Trinajstić information content (AvgIpc) is 2.58. The van der Waals surface area contributed by atoms with Gasteiger partial charge in [0.05, 0.1) is 0 Å². The van der Waals surface area contributed by atoms with Gasteiger partial charge in [-0.1, -0.05) is 0 Å². The molecule has 2 atom stereocenters. The van der Waals surface area contributed by atoms with Crippen molar-refractivity contribution in [2.24, 2.45) is 5.73 Å². The molecule has 0 bridgehead atoms. The molecule has 1 aliphatic rings. The fourth-order valence-corrected chi connectivity index (χ4v) is 3.15. The van der Waals surface area contributed by atoms with Crippen LogP contribution in [0.2, 0.25) is 0 Å². The number of hydrogen-bond acceptors (Lipinski definition) is 2. The number of hydrogen-bond donors (Lipinski definition) is 1. The summed E-state index contributed by atoms with van der Waals surface area (Å²) in [6.07, 6.45) is 2.86. The van der Waals surface area contributed by atoms with E-state index in [0.29, 0.717) is 10.1 Å². The topological polar surface area (TPSA) is 26.0 Å². The Morgan fingerprint density at radius 3 is 2.73 bits per heavy atom. The van der Waals surface area contributed by atoms with E-state index in [4.69, 9.17) is 5.73 Å². The summed E-state index contributed by atoms with van der Waals surface area (Å²) in [6.45, 7) is 0. The third-order valence-corrected chi connectivity index (χ3v) is 3.94. The summed E-state index contributed by atoms with van der Waals surface area (Å²) in [6, 6.07) is 3.79. The molecule has 4 heteroatoms. The Bertz CT molecular complexity index is 356. The molecule has 0 amide bonds. The van der Waals surface area contributed by atoms with Gasteiger partial charge in [-0.2, -0.15) is 0 Å². The second kappa shape index (κ2) is 4.49. The van der Waals surface area contributed by atoms with E-state index in [1.54, 1.807) is 0 Å². The first-order valence-corrected chi connectivity index (χ1v) is 5.90. The van der Waals surface area contributed by atoms with Crippen molar-refractivity contribution in [3.05, 3.63) is 29.8 Å². The van der Waals surface area contributed by atoms with Crippen LogP contribution in [-0.4, -0.2) is 11.3 Å². The van der Waals surface area contributed by atoms with Gasteiger partial charge >= 0.3 is 0 Å². The summed E-state index contributed by atoms with van der Waals surface area (Å²) in [7, 11) is 0. The van der Waals surface area contributed by atoms with Crippen molar-refractivity contribution in [1.82, 2.24) is 0 Å². The average molecular weight is 229 g/mol. The molecule has 0 spiro atoms. The Labute approximate surface area is 92.0 Å². The van der Waals surface area contributed by atoms with Crippen LogP contribution >= 0.6 is 11.8 Å². The second-order valence-electron chi connectivity index (χ2n) is 3.89. The van der Waals surface area contributed by atoms with Crippen LogP contribution in [0.3, 0.4) is 0 Å². The van der Waals surface area contributed by atoms with Gasteiger partial charge in [-0.25, -0.2) is 8.78 Å². The molecule has 2 unspecified atom stereocenters. The first kappa shape index (κ1) is 10.9. The van der Waals surface area contributed by atoms with Crippen LogP contribution < -0.4 is 5.73 Å². The fourth-order valence-electron chi connectivity index (χ4n) is 1.83. The van der Waals surface area contributed by atoms with E-state index in [-0.39, 0.29) is 17.7 Å². The predicted octanol–water partition coefficient (Wildman–Crippen LogP) is 2.94. The van der Waals surface area contributed by atoms with Crippen molar-refractivity contribution in [1.29, 1.82) is 0 Å². The maximum Gasteiger partial charge on any atom is 0.136 e. The monoisotopic (exact) mass is 229 g/mol. The smallest absolute Gasteiger partial charge is 0.136 e. The molecule has 1 aliphatic carbocycles. The maximum atomic E-state index is 13.3. The maximum absolute atomic E-state index is 13.3. The van der Waals surface area contributed by atoms with Gasteiger partial charge in [0.1, 0.15) is 11.6 Å². The van der Waals surface area contributed by atoms with Crippen molar-refractivity contribution in [3.63, 3.8) is 0 Å². The lowest BCUT2D eigenvalue weighted by Crippen LogP contribution is -2.15. The van der Waals surface area contributed by atoms with Crippen LogP contribution in [0.5, 0.6) is 0 Å². The Morgan fingerprint density at radius 2 is 2.07 bits per heavy atom. The van der Waals surface area contributed by atoms with E-state index in [1.807, 2.05) is 0 Å². The molecule has 0 heterocycles. The highest BCUT2D eigenvalue weighted by Crippen LogP contribution is 2.35. The minimum Gasteiger partial charge on any atom is -0.328 e. The molecule has 0 radical (unpaired) electrons. The van der Waals surface area contributed by atoms with Crippen molar-refractivity contribution < 1.29 is 8.78 Å². The van der Waals surface area contributed by atoms with Crippen LogP contribution in [0.15, 0.2) is 23.1 Å². The fraction of sp³-hybridized carbons (Fsp3) is 0.455. The summed E-state index contributed by atoms with van der Waals surface area (Å²) in [5.74, 6) is -0.733. The molecule has 0 aliphatic heterocycles. The molecular weight excluding hydrogens is 216 g/mol. The number of benzene rings is 1. The standard InChI is InChI=1S/C11H13F2NS/c12-7-1-4-10(13)11(5-7)15-9-3-2-8(14)6-9/h1,4-5,8-9H,2-3,6,14H2. The SMILES string of the molecule is NC1CCC(Sc2cc(F)ccc2F)C1. The molecule has 0 saturated heterocycles. The zero-order valence-corrected chi connectivity index (χ0v) is 9.07. The van der Waals surface area contributed by atoms with Gasteiger partial charge < -0.3 is 5.73 Å². The van der Waals surface area contributed by atoms with Crippen LogP contribution in [0, 0.1) is 11.6 Å². The summed E-state index contributed by atoms with van der Waals surface area (Å²) in [5, 5.41) is 0.330. The Balaban J connectivity index is 2.07. The molecule has 82 valence electrons. The molecule has 2 rings (SSSR count). The lowest BCUT2D eigenvalue weighted by molar-refractivity contribution is 0.576. The first-order valence-electron chi connectivity index (χ1n) is 5.02. The lowest BCUT2D eigenvalue weighted by atomic mass is 10.3. The molecule has 15 heavy (non-hydrogen) atoms. The van der Waals surface area contributed by atoms with Crippen LogP contribution in [-0.2, 0) is 0 Å². The lowest BCUT2D eigenvalue weighted by Gasteiger charge is -2.09. The molecule has 2 N–H and O–H groups in total. The highest BCUT2D eigenvalue weighted by molar-refractivity contribution is 8.00. The number of halogens is 2. The molecule has 1 fully saturated rings. The summed E-state index contributed by atoms with van der Waals surface area (Å²) >= 11 is 1.40. The van der Waals surface area contributed by atoms with Crippen LogP contribution in [0.4, 0.5) is 8.78 Å². The highest BCUT2D eigenvalue weighted by Gasteiger charge is 2.23. The van der Waals surface area contributed by atoms with Crippen LogP contribution in [0.1, 0.15) is 19.3 Å². The van der Waals surface area contributed by atoms with E-state index in [0.717, 1.165) is 25.3 Å². The zero-order chi connectivity index (χ0) is 10.8. The number of thioether (sulfide) groups is 1. The molecule has 1 saturated carbocycles. The van der Waals surface area contributed by atoms with E-state index in [1.165, 1.54) is 23.9 Å². The van der Waals surface area contributed by atoms with Gasteiger partial charge in [-0.05, 0) is 37.5 Å². The predicted molar refractivity (Wildman–Crippen MR) is 57.8 cm³/mol. The molecule has 0 aromatic heterocycles. The van der Waals surface area contributed by atoms with E-state index in [2.05, 4.69) is 0 Å². The van der Waals surface area contributed by atoms with Crippen LogP contribution in [0.25, 0.3) is 0 Å². The Kier molecular flexibility index (Phi) is 3.26. The highest BCUT2D eigenvalue weighted by atomic mass is 32.2. The van der Waals surface area contributed by atoms with Gasteiger partial charge in [-0.15, -0.1) is 11.8 Å². The molecule has 1 aromatic rings. The van der Waals surface area contributed by atoms with Gasteiger partial charge in [0.2, 0.25) is 0 Å². The number of rotatable bonds is 2. The van der Waals surface area contributed by atoms with Crippen molar-refractivity contribution in [3.8, 4) is 0 Å². The summed E-state index contributed by atoms with van der Waals surface area (Å²) in [5.41, 5.74) is 5.77.